The standard InChI is InChI=1S/C18H21F3N4O3S/c1-23-12-16(22-13-23)29(27,28)25-7-3-6-24(8-9-25)17(26)11-14-4-2-5-15(10-14)18(19,20)21/h2,4-5,10,12-13H,3,6-9,11H2,1H3. The van der Waals surface area contributed by atoms with Crippen molar-refractivity contribution in [3.8, 4) is 0 Å². The number of hydrogen-bond donors (Lipinski definition) is 0. The second-order valence-corrected chi connectivity index (χ2v) is 8.78. The van der Waals surface area contributed by atoms with Gasteiger partial charge in [-0.1, -0.05) is 18.2 Å². The molecule has 7 nitrogen and oxygen atoms in total. The Morgan fingerprint density at radius 3 is 2.59 bits per heavy atom. The fourth-order valence-corrected chi connectivity index (χ4v) is 4.62. The normalized spacial score (nSPS) is 16.6. The molecular formula is C18H21F3N4O3S. The molecule has 0 bridgehead atoms. The van der Waals surface area contributed by atoms with Crippen LogP contribution in [0.1, 0.15) is 17.5 Å². The van der Waals surface area contributed by atoms with E-state index in [1.807, 2.05) is 0 Å². The minimum atomic E-state index is -4.47. The Bertz CT molecular complexity index is 988. The number of amides is 1. The highest BCUT2D eigenvalue weighted by Crippen LogP contribution is 2.29. The molecule has 1 amide bonds. The number of imidazole rings is 1. The second-order valence-electron chi connectivity index (χ2n) is 6.89. The maximum atomic E-state index is 12.8. The lowest BCUT2D eigenvalue weighted by Gasteiger charge is -2.21. The number of halogens is 3. The topological polar surface area (TPSA) is 75.5 Å². The molecule has 11 heteroatoms. The fraction of sp³-hybridized carbons (Fsp3) is 0.444. The monoisotopic (exact) mass is 430 g/mol. The van der Waals surface area contributed by atoms with Gasteiger partial charge in [-0.05, 0) is 18.1 Å². The molecule has 0 radical (unpaired) electrons. The van der Waals surface area contributed by atoms with Gasteiger partial charge in [0.15, 0.2) is 5.03 Å². The lowest BCUT2D eigenvalue weighted by Crippen LogP contribution is -2.38. The number of benzene rings is 1. The van der Waals surface area contributed by atoms with Crippen molar-refractivity contribution >= 4 is 15.9 Å². The van der Waals surface area contributed by atoms with E-state index in [1.165, 1.54) is 38.4 Å². The molecule has 1 aromatic carbocycles. The first-order chi connectivity index (χ1) is 13.6. The van der Waals surface area contributed by atoms with E-state index in [9.17, 15) is 26.4 Å². The van der Waals surface area contributed by atoms with Crippen molar-refractivity contribution in [1.29, 1.82) is 0 Å². The third-order valence-corrected chi connectivity index (χ3v) is 6.49. The summed E-state index contributed by atoms with van der Waals surface area (Å²) in [5.74, 6) is -0.332. The molecule has 1 aliphatic heterocycles. The van der Waals surface area contributed by atoms with E-state index in [-0.39, 0.29) is 42.6 Å². The molecule has 0 atom stereocenters. The van der Waals surface area contributed by atoms with Crippen molar-refractivity contribution in [3.63, 3.8) is 0 Å². The van der Waals surface area contributed by atoms with Crippen LogP contribution in [0.15, 0.2) is 41.8 Å². The van der Waals surface area contributed by atoms with Crippen LogP contribution in [0.25, 0.3) is 0 Å². The van der Waals surface area contributed by atoms with Gasteiger partial charge in [-0.2, -0.15) is 17.5 Å². The summed E-state index contributed by atoms with van der Waals surface area (Å²) >= 11 is 0. The highest BCUT2D eigenvalue weighted by Gasteiger charge is 2.31. The van der Waals surface area contributed by atoms with E-state index in [0.717, 1.165) is 12.1 Å². The van der Waals surface area contributed by atoms with Crippen LogP contribution in [-0.2, 0) is 34.5 Å². The largest absolute Gasteiger partial charge is 0.416 e. The van der Waals surface area contributed by atoms with Gasteiger partial charge in [-0.25, -0.2) is 13.4 Å². The summed E-state index contributed by atoms with van der Waals surface area (Å²) in [6, 6.07) is 4.67. The van der Waals surface area contributed by atoms with E-state index in [4.69, 9.17) is 0 Å². The summed E-state index contributed by atoms with van der Waals surface area (Å²) < 4.78 is 66.7. The summed E-state index contributed by atoms with van der Waals surface area (Å²) in [6.45, 7) is 0.857. The van der Waals surface area contributed by atoms with E-state index in [1.54, 1.807) is 7.05 Å². The average Bonchev–Trinajstić information content (AvgIpc) is 2.94. The average molecular weight is 430 g/mol. The van der Waals surface area contributed by atoms with Crippen LogP contribution in [0.2, 0.25) is 0 Å². The van der Waals surface area contributed by atoms with Crippen LogP contribution in [0, 0.1) is 0 Å². The van der Waals surface area contributed by atoms with Crippen LogP contribution < -0.4 is 0 Å². The molecule has 2 aromatic rings. The first-order valence-corrected chi connectivity index (χ1v) is 10.4. The molecule has 1 aromatic heterocycles. The number of rotatable bonds is 4. The minimum Gasteiger partial charge on any atom is -0.341 e. The van der Waals surface area contributed by atoms with Gasteiger partial charge in [0.25, 0.3) is 10.0 Å². The number of aryl methyl sites for hydroxylation is 1. The number of nitrogens with zero attached hydrogens (tertiary/aromatic N) is 4. The van der Waals surface area contributed by atoms with E-state index >= 15 is 0 Å². The molecule has 0 aliphatic carbocycles. The third kappa shape index (κ3) is 4.96. The van der Waals surface area contributed by atoms with Gasteiger partial charge in [-0.3, -0.25) is 4.79 Å². The number of sulfonamides is 1. The van der Waals surface area contributed by atoms with Crippen molar-refractivity contribution in [3.05, 3.63) is 47.9 Å². The molecule has 1 saturated heterocycles. The highest BCUT2D eigenvalue weighted by molar-refractivity contribution is 7.89. The number of alkyl halides is 3. The van der Waals surface area contributed by atoms with Gasteiger partial charge < -0.3 is 9.47 Å². The molecule has 1 aliphatic rings. The smallest absolute Gasteiger partial charge is 0.341 e. The van der Waals surface area contributed by atoms with Crippen LogP contribution in [0.4, 0.5) is 13.2 Å². The van der Waals surface area contributed by atoms with Crippen LogP contribution in [-0.4, -0.2) is 59.3 Å². The van der Waals surface area contributed by atoms with Crippen molar-refractivity contribution in [1.82, 2.24) is 18.8 Å². The third-order valence-electron chi connectivity index (χ3n) is 4.70. The summed E-state index contributed by atoms with van der Waals surface area (Å²) in [6.07, 6.45) is -1.40. The van der Waals surface area contributed by atoms with Crippen LogP contribution in [0.5, 0.6) is 0 Å². The van der Waals surface area contributed by atoms with Gasteiger partial charge in [0.05, 0.1) is 18.3 Å². The Morgan fingerprint density at radius 2 is 1.93 bits per heavy atom. The number of carbonyl (C=O) groups is 1. The summed E-state index contributed by atoms with van der Waals surface area (Å²) in [5.41, 5.74) is -0.529. The lowest BCUT2D eigenvalue weighted by molar-refractivity contribution is -0.138. The molecule has 0 saturated carbocycles. The summed E-state index contributed by atoms with van der Waals surface area (Å²) in [4.78, 5) is 18.0. The second kappa shape index (κ2) is 8.15. The van der Waals surface area contributed by atoms with Crippen molar-refractivity contribution in [2.24, 2.45) is 7.05 Å². The Balaban J connectivity index is 1.66. The van der Waals surface area contributed by atoms with Crippen molar-refractivity contribution < 1.29 is 26.4 Å². The molecule has 0 unspecified atom stereocenters. The number of aromatic nitrogens is 2. The molecule has 2 heterocycles. The Morgan fingerprint density at radius 1 is 1.17 bits per heavy atom. The van der Waals surface area contributed by atoms with E-state index < -0.39 is 21.8 Å². The van der Waals surface area contributed by atoms with Gasteiger partial charge in [0, 0.05) is 39.4 Å². The summed E-state index contributed by atoms with van der Waals surface area (Å²) in [7, 11) is -2.09. The molecule has 29 heavy (non-hydrogen) atoms. The van der Waals surface area contributed by atoms with Gasteiger partial charge in [-0.15, -0.1) is 0 Å². The quantitative estimate of drug-likeness (QED) is 0.743. The zero-order valence-electron chi connectivity index (χ0n) is 15.8. The van der Waals surface area contributed by atoms with Crippen molar-refractivity contribution in [2.45, 2.75) is 24.0 Å². The Labute approximate surface area is 166 Å². The first-order valence-electron chi connectivity index (χ1n) is 8.99. The van der Waals surface area contributed by atoms with Crippen LogP contribution in [0.3, 0.4) is 0 Å². The maximum absolute atomic E-state index is 12.8. The van der Waals surface area contributed by atoms with E-state index in [2.05, 4.69) is 4.98 Å². The molecule has 1 fully saturated rings. The predicted octanol–water partition coefficient (Wildman–Crippen LogP) is 1.90. The minimum absolute atomic E-state index is 0.0521. The van der Waals surface area contributed by atoms with Crippen LogP contribution >= 0.6 is 0 Å². The zero-order valence-corrected chi connectivity index (χ0v) is 16.6. The fourth-order valence-electron chi connectivity index (χ4n) is 3.18. The predicted molar refractivity (Wildman–Crippen MR) is 98.3 cm³/mol. The first kappa shape index (κ1) is 21.3. The molecule has 158 valence electrons. The zero-order chi connectivity index (χ0) is 21.2. The van der Waals surface area contributed by atoms with E-state index in [0.29, 0.717) is 13.0 Å². The molecule has 0 spiro atoms. The molecular weight excluding hydrogens is 409 g/mol. The number of hydrogen-bond acceptors (Lipinski definition) is 4. The SMILES string of the molecule is Cn1cnc(S(=O)(=O)N2CCCN(C(=O)Cc3cccc(C(F)(F)F)c3)CC2)c1. The molecule has 3 rings (SSSR count). The maximum Gasteiger partial charge on any atom is 0.416 e. The number of carbonyl (C=O) groups excluding carboxylic acids is 1. The van der Waals surface area contributed by atoms with Gasteiger partial charge in [0.2, 0.25) is 5.91 Å². The Kier molecular flexibility index (Phi) is 5.99. The van der Waals surface area contributed by atoms with Gasteiger partial charge >= 0.3 is 6.18 Å². The summed E-state index contributed by atoms with van der Waals surface area (Å²) in [5, 5.41) is -0.0521. The van der Waals surface area contributed by atoms with Crippen molar-refractivity contribution in [2.75, 3.05) is 26.2 Å². The Hall–Kier alpha value is -2.40. The lowest BCUT2D eigenvalue weighted by atomic mass is 10.1. The highest BCUT2D eigenvalue weighted by atomic mass is 32.2. The molecule has 0 N–H and O–H groups in total. The van der Waals surface area contributed by atoms with Gasteiger partial charge in [0.1, 0.15) is 0 Å².